The molecule has 0 saturated heterocycles. The van der Waals surface area contributed by atoms with Crippen LogP contribution in [-0.4, -0.2) is 0 Å². The number of benzene rings is 8. The average Bonchev–Trinajstić information content (AvgIpc) is 3.16. The molecule has 0 aliphatic heterocycles. The van der Waals surface area contributed by atoms with Crippen LogP contribution >= 0.6 is 0 Å². The van der Waals surface area contributed by atoms with Gasteiger partial charge < -0.3 is 10.2 Å². The number of fused-ring (bicyclic) bond motifs is 6. The Balaban J connectivity index is 1.14. The molecule has 1 N–H and O–H groups in total. The van der Waals surface area contributed by atoms with E-state index >= 15 is 0 Å². The van der Waals surface area contributed by atoms with Crippen LogP contribution in [0.2, 0.25) is 0 Å². The van der Waals surface area contributed by atoms with Gasteiger partial charge in [0.05, 0.1) is 0 Å². The second-order valence-corrected chi connectivity index (χ2v) is 12.6. The van der Waals surface area contributed by atoms with Crippen LogP contribution in [-0.2, 0) is 0 Å². The molecule has 2 nitrogen and oxygen atoms in total. The summed E-state index contributed by atoms with van der Waals surface area (Å²) in [5.74, 6) is 0. The smallest absolute Gasteiger partial charge is 0.0468 e. The Kier molecular flexibility index (Phi) is 6.98. The second-order valence-electron chi connectivity index (χ2n) is 12.6. The lowest BCUT2D eigenvalue weighted by Gasteiger charge is -2.26. The molecule has 1 aliphatic rings. The molecule has 0 saturated carbocycles. The monoisotopic (exact) mass is 614 g/mol. The lowest BCUT2D eigenvalue weighted by atomic mass is 9.86. The largest absolute Gasteiger partial charge is 0.355 e. The van der Waals surface area contributed by atoms with Gasteiger partial charge in [-0.1, -0.05) is 115 Å². The quantitative estimate of drug-likeness (QED) is 0.187. The normalized spacial score (nSPS) is 13.1. The van der Waals surface area contributed by atoms with Crippen LogP contribution in [0.4, 0.5) is 22.7 Å². The minimum atomic E-state index is 0.983. The molecule has 0 amide bonds. The molecule has 0 unspecified atom stereocenters. The summed E-state index contributed by atoms with van der Waals surface area (Å²) in [7, 11) is 0. The highest BCUT2D eigenvalue weighted by Crippen LogP contribution is 2.41. The van der Waals surface area contributed by atoms with Gasteiger partial charge in [0, 0.05) is 28.4 Å². The van der Waals surface area contributed by atoms with Gasteiger partial charge in [-0.2, -0.15) is 0 Å². The van der Waals surface area contributed by atoms with Crippen molar-refractivity contribution in [1.29, 1.82) is 0 Å². The lowest BCUT2D eigenvalue weighted by molar-refractivity contribution is 1.04. The summed E-state index contributed by atoms with van der Waals surface area (Å²) in [5.41, 5.74) is 8.28. The Morgan fingerprint density at radius 2 is 1.10 bits per heavy atom. The Morgan fingerprint density at radius 1 is 0.458 bits per heavy atom. The zero-order valence-corrected chi connectivity index (χ0v) is 26.6. The van der Waals surface area contributed by atoms with Crippen LogP contribution in [0.3, 0.4) is 0 Å². The summed E-state index contributed by atoms with van der Waals surface area (Å²) in [6, 6.07) is 59.2. The van der Waals surface area contributed by atoms with E-state index in [0.29, 0.717) is 0 Å². The van der Waals surface area contributed by atoms with Crippen molar-refractivity contribution in [3.63, 3.8) is 0 Å². The van der Waals surface area contributed by atoms with Crippen LogP contribution in [0.15, 0.2) is 182 Å². The SMILES string of the molecule is C1=CC(Nc2ccc(N(c3ccccc3)c3ccc4ccccc4c3)cc2)=C(c2cc3ccccc3c3ccc4ccccc4c23)CC1. The van der Waals surface area contributed by atoms with Crippen molar-refractivity contribution in [2.45, 2.75) is 12.8 Å². The van der Waals surface area contributed by atoms with E-state index in [-0.39, 0.29) is 0 Å². The highest BCUT2D eigenvalue weighted by molar-refractivity contribution is 6.21. The molecule has 1 aliphatic carbocycles. The first-order valence-electron chi connectivity index (χ1n) is 16.7. The molecular weight excluding hydrogens is 581 g/mol. The number of allylic oxidation sites excluding steroid dienone is 3. The zero-order valence-electron chi connectivity index (χ0n) is 26.6. The van der Waals surface area contributed by atoms with Crippen LogP contribution in [0.5, 0.6) is 0 Å². The summed E-state index contributed by atoms with van der Waals surface area (Å²) in [4.78, 5) is 2.33. The van der Waals surface area contributed by atoms with Crippen molar-refractivity contribution < 1.29 is 0 Å². The molecule has 228 valence electrons. The van der Waals surface area contributed by atoms with Gasteiger partial charge in [0.15, 0.2) is 0 Å². The molecule has 0 bridgehead atoms. The molecule has 48 heavy (non-hydrogen) atoms. The maximum atomic E-state index is 3.83. The minimum absolute atomic E-state index is 0.983. The first kappa shape index (κ1) is 28.1. The number of hydrogen-bond donors (Lipinski definition) is 1. The van der Waals surface area contributed by atoms with Crippen LogP contribution in [0.25, 0.3) is 48.7 Å². The van der Waals surface area contributed by atoms with Gasteiger partial charge in [0.25, 0.3) is 0 Å². The van der Waals surface area contributed by atoms with E-state index in [4.69, 9.17) is 0 Å². The highest BCUT2D eigenvalue weighted by Gasteiger charge is 2.18. The fraction of sp³-hybridized carbons (Fsp3) is 0.0435. The minimum Gasteiger partial charge on any atom is -0.355 e. The predicted octanol–water partition coefficient (Wildman–Crippen LogP) is 12.9. The van der Waals surface area contributed by atoms with Crippen molar-refractivity contribution in [3.8, 4) is 0 Å². The summed E-state index contributed by atoms with van der Waals surface area (Å²) in [6.07, 6.45) is 6.57. The molecule has 8 aromatic rings. The molecule has 0 heterocycles. The number of hydrogen-bond acceptors (Lipinski definition) is 2. The number of anilines is 4. The van der Waals surface area contributed by atoms with Crippen molar-refractivity contribution >= 4 is 71.4 Å². The Bertz CT molecular complexity index is 2520. The second kappa shape index (κ2) is 11.9. The zero-order chi connectivity index (χ0) is 31.9. The standard InChI is InChI=1S/C46H34N2/c1-2-16-37(17-3-1)48(39-26-22-32-12-4-5-14-34(32)30-39)38-27-24-36(25-28-38)47-45-21-11-10-20-42(45)44-31-35-15-7-8-18-40(35)43-29-23-33-13-6-9-19-41(33)46(43)44/h1-9,11-19,21-31,47H,10,20H2. The molecule has 0 atom stereocenters. The first-order valence-corrected chi connectivity index (χ1v) is 16.7. The van der Waals surface area contributed by atoms with Gasteiger partial charge in [0.1, 0.15) is 0 Å². The number of rotatable bonds is 6. The summed E-state index contributed by atoms with van der Waals surface area (Å²) < 4.78 is 0. The number of nitrogens with zero attached hydrogens (tertiary/aromatic N) is 1. The molecule has 0 radical (unpaired) electrons. The Labute approximate surface area is 280 Å². The van der Waals surface area contributed by atoms with Gasteiger partial charge in [-0.15, -0.1) is 0 Å². The van der Waals surface area contributed by atoms with Crippen LogP contribution in [0.1, 0.15) is 18.4 Å². The molecule has 8 aromatic carbocycles. The van der Waals surface area contributed by atoms with E-state index < -0.39 is 0 Å². The number of nitrogens with one attached hydrogen (secondary N) is 1. The van der Waals surface area contributed by atoms with Gasteiger partial charge in [-0.05, 0) is 128 Å². The third-order valence-electron chi connectivity index (χ3n) is 9.66. The van der Waals surface area contributed by atoms with Crippen molar-refractivity contribution in [2.24, 2.45) is 0 Å². The maximum absolute atomic E-state index is 3.83. The van der Waals surface area contributed by atoms with Crippen molar-refractivity contribution in [1.82, 2.24) is 0 Å². The van der Waals surface area contributed by atoms with Gasteiger partial charge in [-0.3, -0.25) is 0 Å². The molecular formula is C46H34N2. The van der Waals surface area contributed by atoms with E-state index in [9.17, 15) is 0 Å². The van der Waals surface area contributed by atoms with Crippen LogP contribution in [0, 0.1) is 0 Å². The lowest BCUT2D eigenvalue weighted by Crippen LogP contribution is -2.10. The summed E-state index contributed by atoms with van der Waals surface area (Å²) in [5, 5.41) is 14.1. The number of para-hydroxylation sites is 1. The average molecular weight is 615 g/mol. The summed E-state index contributed by atoms with van der Waals surface area (Å²) >= 11 is 0. The predicted molar refractivity (Wildman–Crippen MR) is 207 cm³/mol. The van der Waals surface area contributed by atoms with Gasteiger partial charge in [-0.25, -0.2) is 0 Å². The molecule has 0 aromatic heterocycles. The van der Waals surface area contributed by atoms with Crippen LogP contribution < -0.4 is 10.2 Å². The third kappa shape index (κ3) is 4.99. The van der Waals surface area contributed by atoms with Crippen molar-refractivity contribution in [3.05, 3.63) is 187 Å². The molecule has 9 rings (SSSR count). The topological polar surface area (TPSA) is 15.3 Å². The molecule has 0 spiro atoms. The van der Waals surface area contributed by atoms with E-state index in [2.05, 4.69) is 186 Å². The molecule has 2 heteroatoms. The van der Waals surface area contributed by atoms with E-state index in [1.165, 1.54) is 54.2 Å². The van der Waals surface area contributed by atoms with Crippen molar-refractivity contribution in [2.75, 3.05) is 10.2 Å². The van der Waals surface area contributed by atoms with E-state index in [1.54, 1.807) is 0 Å². The van der Waals surface area contributed by atoms with E-state index in [0.717, 1.165) is 41.3 Å². The maximum Gasteiger partial charge on any atom is 0.0468 e. The van der Waals surface area contributed by atoms with Gasteiger partial charge >= 0.3 is 0 Å². The summed E-state index contributed by atoms with van der Waals surface area (Å²) in [6.45, 7) is 0. The Hall–Kier alpha value is -6.12. The third-order valence-corrected chi connectivity index (χ3v) is 9.66. The first-order chi connectivity index (χ1) is 23.8. The van der Waals surface area contributed by atoms with Gasteiger partial charge in [0.2, 0.25) is 0 Å². The highest BCUT2D eigenvalue weighted by atomic mass is 15.1. The van der Waals surface area contributed by atoms with E-state index in [1.807, 2.05) is 0 Å². The fourth-order valence-corrected chi connectivity index (χ4v) is 7.37. The fourth-order valence-electron chi connectivity index (χ4n) is 7.37. The molecule has 0 fully saturated rings. The Morgan fingerprint density at radius 3 is 1.94 bits per heavy atom.